The monoisotopic (exact) mass is 320 g/mol. The first kappa shape index (κ1) is 12.4. The van der Waals surface area contributed by atoms with Gasteiger partial charge >= 0.3 is 5.69 Å². The van der Waals surface area contributed by atoms with Crippen LogP contribution in [-0.4, -0.2) is 24.6 Å². The van der Waals surface area contributed by atoms with Gasteiger partial charge < -0.3 is 4.57 Å². The molecule has 2 aromatic heterocycles. The summed E-state index contributed by atoms with van der Waals surface area (Å²) in [4.78, 5) is 27.9. The van der Waals surface area contributed by atoms with Gasteiger partial charge in [0, 0.05) is 26.5 Å². The summed E-state index contributed by atoms with van der Waals surface area (Å²) in [6, 6.07) is 0. The molecule has 0 aliphatic carbocycles. The van der Waals surface area contributed by atoms with Crippen LogP contribution in [0.4, 0.5) is 0 Å². The lowest BCUT2D eigenvalue weighted by atomic mass is 10.5. The molecule has 0 atom stereocenters. The molecule has 2 heterocycles. The summed E-state index contributed by atoms with van der Waals surface area (Å²) in [6.07, 6.45) is 0. The maximum Gasteiger partial charge on any atom is 0.332 e. The summed E-state index contributed by atoms with van der Waals surface area (Å²) < 4.78 is 4.55. The highest BCUT2D eigenvalue weighted by atomic mass is 79.9. The van der Waals surface area contributed by atoms with Crippen molar-refractivity contribution in [3.05, 3.63) is 25.6 Å². The molecule has 0 aliphatic heterocycles. The van der Waals surface area contributed by atoms with Crippen LogP contribution in [0.3, 0.4) is 0 Å². The fourth-order valence-electron chi connectivity index (χ4n) is 1.71. The molecule has 0 saturated heterocycles. The zero-order valence-electron chi connectivity index (χ0n) is 9.28. The molecule has 0 saturated carbocycles. The summed E-state index contributed by atoms with van der Waals surface area (Å²) in [5.74, 6) is 0.357. The number of aromatic nitrogens is 4. The molecule has 92 valence electrons. The van der Waals surface area contributed by atoms with Crippen molar-refractivity contribution in [3.63, 3.8) is 0 Å². The highest BCUT2D eigenvalue weighted by Crippen LogP contribution is 2.15. The van der Waals surface area contributed by atoms with Crippen LogP contribution in [0.1, 0.15) is 0 Å². The third-order valence-electron chi connectivity index (χ3n) is 2.61. The number of alkyl halides is 1. The minimum Gasteiger partial charge on any atom is -0.311 e. The number of halogens is 2. The van der Waals surface area contributed by atoms with Gasteiger partial charge in [-0.05, 0) is 15.9 Å². The van der Waals surface area contributed by atoms with Gasteiger partial charge in [-0.2, -0.15) is 0 Å². The van der Waals surface area contributed by atoms with Crippen molar-refractivity contribution in [1.82, 2.24) is 18.7 Å². The normalized spacial score (nSPS) is 11.3. The van der Waals surface area contributed by atoms with Crippen LogP contribution in [-0.2, 0) is 20.6 Å². The molecule has 0 radical (unpaired) electrons. The van der Waals surface area contributed by atoms with Crippen LogP contribution < -0.4 is 11.2 Å². The van der Waals surface area contributed by atoms with Crippen molar-refractivity contribution in [2.24, 2.45) is 14.1 Å². The van der Waals surface area contributed by atoms with Crippen LogP contribution in [0.2, 0.25) is 0 Å². The number of rotatable bonds is 2. The Balaban J connectivity index is 3.02. The number of fused-ring (bicyclic) bond motifs is 1. The van der Waals surface area contributed by atoms with Crippen molar-refractivity contribution in [2.75, 3.05) is 5.88 Å². The average Bonchev–Trinajstić information content (AvgIpc) is 2.62. The zero-order chi connectivity index (χ0) is 12.7. The summed E-state index contributed by atoms with van der Waals surface area (Å²) in [7, 11) is 3.02. The van der Waals surface area contributed by atoms with Gasteiger partial charge in [-0.3, -0.25) is 13.9 Å². The number of imidazole rings is 1. The standard InChI is InChI=1S/C9H10BrClN4O2/c1-13-6-5(7(16)14(2)9(13)17)15(4-3-11)8(10)12-6/h3-4H2,1-2H3. The fraction of sp³-hybridized carbons (Fsp3) is 0.444. The van der Waals surface area contributed by atoms with E-state index in [0.717, 1.165) is 4.57 Å². The summed E-state index contributed by atoms with van der Waals surface area (Å²) in [6.45, 7) is 0.450. The first-order valence-electron chi connectivity index (χ1n) is 4.86. The van der Waals surface area contributed by atoms with E-state index in [1.807, 2.05) is 0 Å². The van der Waals surface area contributed by atoms with E-state index in [-0.39, 0.29) is 5.56 Å². The van der Waals surface area contributed by atoms with Crippen molar-refractivity contribution in [3.8, 4) is 0 Å². The van der Waals surface area contributed by atoms with Gasteiger partial charge in [0.2, 0.25) is 0 Å². The van der Waals surface area contributed by atoms with E-state index in [1.54, 1.807) is 11.6 Å². The topological polar surface area (TPSA) is 61.8 Å². The van der Waals surface area contributed by atoms with E-state index in [4.69, 9.17) is 11.6 Å². The van der Waals surface area contributed by atoms with Crippen LogP contribution in [0.5, 0.6) is 0 Å². The molecular weight excluding hydrogens is 311 g/mol. The van der Waals surface area contributed by atoms with Crippen LogP contribution in [0.15, 0.2) is 14.3 Å². The summed E-state index contributed by atoms with van der Waals surface area (Å²) in [5, 5.41) is 0. The van der Waals surface area contributed by atoms with E-state index in [1.165, 1.54) is 11.6 Å². The summed E-state index contributed by atoms with van der Waals surface area (Å²) >= 11 is 8.94. The highest BCUT2D eigenvalue weighted by Gasteiger charge is 2.17. The minimum absolute atomic E-state index is 0.357. The fourth-order valence-corrected chi connectivity index (χ4v) is 2.40. The van der Waals surface area contributed by atoms with Gasteiger partial charge in [0.05, 0.1) is 0 Å². The molecule has 6 nitrogen and oxygen atoms in total. The molecule has 0 spiro atoms. The smallest absolute Gasteiger partial charge is 0.311 e. The van der Waals surface area contributed by atoms with Crippen LogP contribution in [0.25, 0.3) is 11.2 Å². The molecule has 0 fully saturated rings. The van der Waals surface area contributed by atoms with Gasteiger partial charge in [-0.1, -0.05) is 0 Å². The number of hydrogen-bond acceptors (Lipinski definition) is 3. The Morgan fingerprint density at radius 1 is 1.29 bits per heavy atom. The Hall–Kier alpha value is -1.08. The molecular formula is C9H10BrClN4O2. The Morgan fingerprint density at radius 2 is 1.94 bits per heavy atom. The molecule has 0 N–H and O–H groups in total. The molecule has 0 amide bonds. The number of hydrogen-bond donors (Lipinski definition) is 0. The maximum absolute atomic E-state index is 12.0. The predicted octanol–water partition coefficient (Wildman–Crippen LogP) is 0.435. The molecule has 0 unspecified atom stereocenters. The lowest BCUT2D eigenvalue weighted by Gasteiger charge is -2.05. The Bertz CT molecular complexity index is 700. The van der Waals surface area contributed by atoms with Crippen molar-refractivity contribution >= 4 is 38.7 Å². The molecule has 17 heavy (non-hydrogen) atoms. The number of nitrogens with zero attached hydrogens (tertiary/aromatic N) is 4. The average molecular weight is 322 g/mol. The molecule has 0 aromatic carbocycles. The van der Waals surface area contributed by atoms with Gasteiger partial charge in [-0.15, -0.1) is 11.6 Å². The highest BCUT2D eigenvalue weighted by molar-refractivity contribution is 9.10. The van der Waals surface area contributed by atoms with Gasteiger partial charge in [0.1, 0.15) is 0 Å². The quantitative estimate of drug-likeness (QED) is 0.595. The van der Waals surface area contributed by atoms with Gasteiger partial charge in [0.15, 0.2) is 15.9 Å². The third kappa shape index (κ3) is 1.73. The van der Waals surface area contributed by atoms with E-state index in [2.05, 4.69) is 20.9 Å². The number of aryl methyl sites for hydroxylation is 2. The predicted molar refractivity (Wildman–Crippen MR) is 68.6 cm³/mol. The van der Waals surface area contributed by atoms with Crippen molar-refractivity contribution in [1.29, 1.82) is 0 Å². The lowest BCUT2D eigenvalue weighted by Crippen LogP contribution is -2.37. The lowest BCUT2D eigenvalue weighted by molar-refractivity contribution is 0.699. The van der Waals surface area contributed by atoms with E-state index in [0.29, 0.717) is 28.3 Å². The van der Waals surface area contributed by atoms with Gasteiger partial charge in [0.25, 0.3) is 5.56 Å². The van der Waals surface area contributed by atoms with E-state index >= 15 is 0 Å². The second-order valence-corrected chi connectivity index (χ2v) is 4.69. The second kappa shape index (κ2) is 4.30. The zero-order valence-corrected chi connectivity index (χ0v) is 11.6. The SMILES string of the molecule is Cn1c(=O)c2c(nc(Br)n2CCCl)n(C)c1=O. The summed E-state index contributed by atoms with van der Waals surface area (Å²) in [5.41, 5.74) is -0.0332. The Labute approximate surface area is 110 Å². The van der Waals surface area contributed by atoms with Gasteiger partial charge in [-0.25, -0.2) is 9.78 Å². The Morgan fingerprint density at radius 3 is 2.53 bits per heavy atom. The molecule has 8 heteroatoms. The Kier molecular flexibility index (Phi) is 3.13. The van der Waals surface area contributed by atoms with Crippen molar-refractivity contribution < 1.29 is 0 Å². The second-order valence-electron chi connectivity index (χ2n) is 3.60. The van der Waals surface area contributed by atoms with E-state index < -0.39 is 5.69 Å². The van der Waals surface area contributed by atoms with Crippen LogP contribution >= 0.6 is 27.5 Å². The van der Waals surface area contributed by atoms with E-state index in [9.17, 15) is 9.59 Å². The molecule has 0 bridgehead atoms. The molecule has 2 rings (SSSR count). The first-order chi connectivity index (χ1) is 7.99. The largest absolute Gasteiger partial charge is 0.332 e. The molecule has 0 aliphatic rings. The minimum atomic E-state index is -0.398. The molecule has 2 aromatic rings. The van der Waals surface area contributed by atoms with Crippen molar-refractivity contribution in [2.45, 2.75) is 6.54 Å². The third-order valence-corrected chi connectivity index (χ3v) is 3.38. The maximum atomic E-state index is 12.0. The first-order valence-corrected chi connectivity index (χ1v) is 6.19. The van der Waals surface area contributed by atoms with Crippen LogP contribution in [0, 0.1) is 0 Å².